The minimum absolute atomic E-state index is 0.00263. The molecule has 9 nitrogen and oxygen atoms in total. The van der Waals surface area contributed by atoms with Crippen LogP contribution < -0.4 is 18.9 Å². The minimum atomic E-state index is -1.13. The van der Waals surface area contributed by atoms with Gasteiger partial charge in [0.15, 0.2) is 29.1 Å². The molecule has 3 aromatic rings. The van der Waals surface area contributed by atoms with Crippen LogP contribution in [-0.2, 0) is 11.8 Å². The predicted octanol–water partition coefficient (Wildman–Crippen LogP) is 3.13. The van der Waals surface area contributed by atoms with Crippen LogP contribution >= 0.6 is 0 Å². The first-order chi connectivity index (χ1) is 15.0. The molecule has 9 heteroatoms. The second-order valence-electron chi connectivity index (χ2n) is 7.04. The molecule has 0 unspecified atom stereocenters. The number of esters is 1. The van der Waals surface area contributed by atoms with Gasteiger partial charge < -0.3 is 33.4 Å². The number of carbonyl (C=O) groups excluding carboxylic acids is 1. The molecule has 0 amide bonds. The lowest BCUT2D eigenvalue weighted by Gasteiger charge is -2.20. The van der Waals surface area contributed by atoms with E-state index >= 15 is 0 Å². The summed E-state index contributed by atoms with van der Waals surface area (Å²) >= 11 is 0. The lowest BCUT2D eigenvalue weighted by atomic mass is 10.00. The maximum absolute atomic E-state index is 13.0. The minimum Gasteiger partial charge on any atom is -0.478 e. The Morgan fingerprint density at radius 1 is 0.903 bits per heavy atom. The van der Waals surface area contributed by atoms with Crippen molar-refractivity contribution in [1.82, 2.24) is 4.57 Å². The predicted molar refractivity (Wildman–Crippen MR) is 105 cm³/mol. The Labute approximate surface area is 176 Å². The average molecular weight is 423 g/mol. The molecule has 0 bridgehead atoms. The highest BCUT2D eigenvalue weighted by Crippen LogP contribution is 2.40. The van der Waals surface area contributed by atoms with E-state index in [-0.39, 0.29) is 24.8 Å². The number of ether oxygens (including phenoxy) is 5. The molecule has 2 aromatic carbocycles. The number of rotatable bonds is 5. The molecule has 5 rings (SSSR count). The Bertz CT molecular complexity index is 1140. The second-order valence-corrected chi connectivity index (χ2v) is 7.04. The number of aromatic nitrogens is 1. The Balaban J connectivity index is 1.52. The summed E-state index contributed by atoms with van der Waals surface area (Å²) in [6, 6.07) is 11.8. The highest BCUT2D eigenvalue weighted by atomic mass is 16.7. The van der Waals surface area contributed by atoms with Crippen molar-refractivity contribution in [1.29, 1.82) is 0 Å². The Morgan fingerprint density at radius 2 is 1.45 bits per heavy atom. The summed E-state index contributed by atoms with van der Waals surface area (Å²) in [5.74, 6) is 0.506. The molecule has 3 heterocycles. The van der Waals surface area contributed by atoms with Gasteiger partial charge in [-0.05, 0) is 30.3 Å². The molecule has 158 valence electrons. The van der Waals surface area contributed by atoms with E-state index in [0.29, 0.717) is 34.1 Å². The van der Waals surface area contributed by atoms with Gasteiger partial charge >= 0.3 is 11.9 Å². The number of aromatic carboxylic acids is 1. The second kappa shape index (κ2) is 7.28. The van der Waals surface area contributed by atoms with Gasteiger partial charge in [0.2, 0.25) is 13.6 Å². The number of carbonyl (C=O) groups is 2. The lowest BCUT2D eigenvalue weighted by molar-refractivity contribution is 0.0366. The zero-order valence-electron chi connectivity index (χ0n) is 16.4. The van der Waals surface area contributed by atoms with Gasteiger partial charge in [0.05, 0.1) is 5.56 Å². The maximum atomic E-state index is 13.0. The highest BCUT2D eigenvalue weighted by Gasteiger charge is 2.27. The van der Waals surface area contributed by atoms with E-state index in [1.54, 1.807) is 43.4 Å². The average Bonchev–Trinajstić information content (AvgIpc) is 3.49. The fraction of sp³-hybridized carbons (Fsp3) is 0.182. The summed E-state index contributed by atoms with van der Waals surface area (Å²) in [6.45, 7) is 0.239. The van der Waals surface area contributed by atoms with Crippen LogP contribution in [-0.4, -0.2) is 35.2 Å². The molecule has 0 radical (unpaired) electrons. The molecule has 1 aromatic heterocycles. The van der Waals surface area contributed by atoms with Crippen LogP contribution in [0.4, 0.5) is 0 Å². The standard InChI is InChI=1S/C22H17NO8/c1-23-9-14(21(24)25)6-15(23)22(26)31-20(12-2-4-16-18(7-12)29-10-27-16)13-3-5-17-19(8-13)30-11-28-17/h2-9,20H,10-11H2,1H3,(H,24,25). The van der Waals surface area contributed by atoms with Gasteiger partial charge in [-0.15, -0.1) is 0 Å². The van der Waals surface area contributed by atoms with Crippen LogP contribution in [0.5, 0.6) is 23.0 Å². The summed E-state index contributed by atoms with van der Waals surface area (Å²) in [6.07, 6.45) is 0.550. The molecular formula is C22H17NO8. The number of carboxylic acid groups (broad SMARTS) is 1. The van der Waals surface area contributed by atoms with Gasteiger partial charge in [-0.2, -0.15) is 0 Å². The number of aryl methyl sites for hydroxylation is 1. The van der Waals surface area contributed by atoms with Gasteiger partial charge in [-0.25, -0.2) is 9.59 Å². The molecule has 0 atom stereocenters. The fourth-order valence-corrected chi connectivity index (χ4v) is 3.53. The first-order valence-electron chi connectivity index (χ1n) is 9.39. The molecule has 2 aliphatic rings. The van der Waals surface area contributed by atoms with E-state index in [1.807, 2.05) is 0 Å². The summed E-state index contributed by atoms with van der Waals surface area (Å²) in [5.41, 5.74) is 1.43. The number of benzene rings is 2. The molecule has 0 spiro atoms. The van der Waals surface area contributed by atoms with E-state index in [9.17, 15) is 14.7 Å². The fourth-order valence-electron chi connectivity index (χ4n) is 3.53. The lowest BCUT2D eigenvalue weighted by Crippen LogP contribution is -2.15. The molecule has 0 aliphatic carbocycles. The van der Waals surface area contributed by atoms with E-state index in [2.05, 4.69) is 0 Å². The van der Waals surface area contributed by atoms with E-state index in [1.165, 1.54) is 16.8 Å². The van der Waals surface area contributed by atoms with Crippen molar-refractivity contribution < 1.29 is 38.4 Å². The van der Waals surface area contributed by atoms with Crippen LogP contribution in [0, 0.1) is 0 Å². The Morgan fingerprint density at radius 3 is 1.97 bits per heavy atom. The normalized spacial score (nSPS) is 13.5. The van der Waals surface area contributed by atoms with E-state index in [0.717, 1.165) is 0 Å². The number of fused-ring (bicyclic) bond motifs is 2. The van der Waals surface area contributed by atoms with Crippen LogP contribution in [0.3, 0.4) is 0 Å². The number of hydrogen-bond donors (Lipinski definition) is 1. The maximum Gasteiger partial charge on any atom is 0.355 e. The van der Waals surface area contributed by atoms with Gasteiger partial charge in [-0.3, -0.25) is 0 Å². The quantitative estimate of drug-likeness (QED) is 0.624. The molecular weight excluding hydrogens is 406 g/mol. The van der Waals surface area contributed by atoms with Crippen LogP contribution in [0.15, 0.2) is 48.7 Å². The monoisotopic (exact) mass is 423 g/mol. The Kier molecular flexibility index (Phi) is 4.43. The first-order valence-corrected chi connectivity index (χ1v) is 9.39. The van der Waals surface area contributed by atoms with Crippen LogP contribution in [0.25, 0.3) is 0 Å². The number of nitrogens with zero attached hydrogens (tertiary/aromatic N) is 1. The SMILES string of the molecule is Cn1cc(C(=O)O)cc1C(=O)OC(c1ccc2c(c1)OCO2)c1ccc2c(c1)OCO2. The summed E-state index contributed by atoms with van der Waals surface area (Å²) in [5, 5.41) is 9.20. The third kappa shape index (κ3) is 3.39. The van der Waals surface area contributed by atoms with Crippen LogP contribution in [0.2, 0.25) is 0 Å². The van der Waals surface area contributed by atoms with E-state index < -0.39 is 18.0 Å². The molecule has 0 saturated carbocycles. The van der Waals surface area contributed by atoms with Crippen molar-refractivity contribution in [2.24, 2.45) is 7.05 Å². The zero-order chi connectivity index (χ0) is 21.5. The molecule has 1 N–H and O–H groups in total. The smallest absolute Gasteiger partial charge is 0.355 e. The topological polar surface area (TPSA) is 105 Å². The largest absolute Gasteiger partial charge is 0.478 e. The highest BCUT2D eigenvalue weighted by molar-refractivity contribution is 5.94. The summed E-state index contributed by atoms with van der Waals surface area (Å²) in [4.78, 5) is 24.2. The van der Waals surface area contributed by atoms with Crippen molar-refractivity contribution in [3.8, 4) is 23.0 Å². The van der Waals surface area contributed by atoms with Crippen molar-refractivity contribution in [3.63, 3.8) is 0 Å². The van der Waals surface area contributed by atoms with Crippen molar-refractivity contribution in [2.75, 3.05) is 13.6 Å². The Hall–Kier alpha value is -4.14. The number of hydrogen-bond acceptors (Lipinski definition) is 7. The van der Waals surface area contributed by atoms with Gasteiger partial charge in [0.1, 0.15) is 5.69 Å². The van der Waals surface area contributed by atoms with Crippen molar-refractivity contribution in [2.45, 2.75) is 6.10 Å². The third-order valence-electron chi connectivity index (χ3n) is 5.08. The van der Waals surface area contributed by atoms with Gasteiger partial charge in [0.25, 0.3) is 0 Å². The zero-order valence-corrected chi connectivity index (χ0v) is 16.4. The van der Waals surface area contributed by atoms with Crippen molar-refractivity contribution >= 4 is 11.9 Å². The van der Waals surface area contributed by atoms with Crippen LogP contribution in [0.1, 0.15) is 38.1 Å². The first kappa shape index (κ1) is 18.9. The van der Waals surface area contributed by atoms with Gasteiger partial charge in [0, 0.05) is 24.4 Å². The third-order valence-corrected chi connectivity index (χ3v) is 5.08. The molecule has 0 saturated heterocycles. The van der Waals surface area contributed by atoms with E-state index in [4.69, 9.17) is 23.7 Å². The molecule has 0 fully saturated rings. The number of carboxylic acids is 1. The molecule has 2 aliphatic heterocycles. The summed E-state index contributed by atoms with van der Waals surface area (Å²) < 4.78 is 28.9. The summed E-state index contributed by atoms with van der Waals surface area (Å²) in [7, 11) is 1.58. The van der Waals surface area contributed by atoms with Gasteiger partial charge in [-0.1, -0.05) is 12.1 Å². The molecule has 31 heavy (non-hydrogen) atoms. The van der Waals surface area contributed by atoms with Crippen molar-refractivity contribution in [3.05, 3.63) is 71.0 Å².